The maximum absolute atomic E-state index is 6.08. The van der Waals surface area contributed by atoms with Gasteiger partial charge in [-0.25, -0.2) is 0 Å². The lowest BCUT2D eigenvalue weighted by Gasteiger charge is -2.20. The summed E-state index contributed by atoms with van der Waals surface area (Å²) in [7, 11) is 0. The molecule has 1 atom stereocenters. The minimum absolute atomic E-state index is 0.527. The molecule has 0 fully saturated rings. The summed E-state index contributed by atoms with van der Waals surface area (Å²) in [5.74, 6) is 0.750. The minimum Gasteiger partial charge on any atom is -0.314 e. The SMILES string of the molecule is CCCNC(CCC(C)C)Cc1ccc(Cl)c(Cl)c1. The highest BCUT2D eigenvalue weighted by Crippen LogP contribution is 2.23. The van der Waals surface area contributed by atoms with Crippen molar-refractivity contribution >= 4 is 23.2 Å². The Bertz CT molecular complexity index is 377. The first-order valence-electron chi connectivity index (χ1n) is 7.20. The van der Waals surface area contributed by atoms with Crippen molar-refractivity contribution in [3.8, 4) is 0 Å². The Hall–Kier alpha value is -0.240. The van der Waals surface area contributed by atoms with E-state index in [2.05, 4.69) is 32.2 Å². The van der Waals surface area contributed by atoms with Crippen LogP contribution in [0.3, 0.4) is 0 Å². The third kappa shape index (κ3) is 6.65. The van der Waals surface area contributed by atoms with Crippen LogP contribution in [0.5, 0.6) is 0 Å². The zero-order chi connectivity index (χ0) is 14.3. The van der Waals surface area contributed by atoms with Crippen LogP contribution in [0.25, 0.3) is 0 Å². The summed E-state index contributed by atoms with van der Waals surface area (Å²) in [6.45, 7) is 7.82. The molecule has 1 unspecified atom stereocenters. The van der Waals surface area contributed by atoms with Crippen molar-refractivity contribution in [3.63, 3.8) is 0 Å². The van der Waals surface area contributed by atoms with E-state index in [0.717, 1.165) is 18.9 Å². The second-order valence-electron chi connectivity index (χ2n) is 5.57. The van der Waals surface area contributed by atoms with Gasteiger partial charge in [0.05, 0.1) is 10.0 Å². The van der Waals surface area contributed by atoms with Gasteiger partial charge in [0.2, 0.25) is 0 Å². The van der Waals surface area contributed by atoms with Crippen molar-refractivity contribution in [2.75, 3.05) is 6.54 Å². The van der Waals surface area contributed by atoms with Crippen molar-refractivity contribution in [3.05, 3.63) is 33.8 Å². The molecular weight excluding hydrogens is 277 g/mol. The highest BCUT2D eigenvalue weighted by atomic mass is 35.5. The molecule has 3 heteroatoms. The molecule has 0 aliphatic carbocycles. The van der Waals surface area contributed by atoms with E-state index in [9.17, 15) is 0 Å². The standard InChI is InChI=1S/C16H25Cl2N/c1-4-9-19-14(7-5-12(2)3)10-13-6-8-15(17)16(18)11-13/h6,8,11-12,14,19H,4-5,7,9-10H2,1-3H3. The van der Waals surface area contributed by atoms with E-state index in [4.69, 9.17) is 23.2 Å². The Labute approximate surface area is 127 Å². The fourth-order valence-electron chi connectivity index (χ4n) is 2.11. The van der Waals surface area contributed by atoms with Gasteiger partial charge in [0.15, 0.2) is 0 Å². The van der Waals surface area contributed by atoms with Gasteiger partial charge in [-0.2, -0.15) is 0 Å². The van der Waals surface area contributed by atoms with Crippen molar-refractivity contribution in [2.24, 2.45) is 5.92 Å². The zero-order valence-corrected chi connectivity index (χ0v) is 13.7. The predicted octanol–water partition coefficient (Wildman–Crippen LogP) is 5.34. The predicted molar refractivity (Wildman–Crippen MR) is 86.3 cm³/mol. The summed E-state index contributed by atoms with van der Waals surface area (Å²) < 4.78 is 0. The van der Waals surface area contributed by atoms with Gasteiger partial charge >= 0.3 is 0 Å². The molecule has 0 amide bonds. The van der Waals surface area contributed by atoms with E-state index in [1.807, 2.05) is 12.1 Å². The van der Waals surface area contributed by atoms with E-state index >= 15 is 0 Å². The molecule has 0 heterocycles. The van der Waals surface area contributed by atoms with Crippen molar-refractivity contribution in [2.45, 2.75) is 52.5 Å². The van der Waals surface area contributed by atoms with Crippen molar-refractivity contribution < 1.29 is 0 Å². The maximum Gasteiger partial charge on any atom is 0.0595 e. The van der Waals surface area contributed by atoms with Crippen molar-refractivity contribution in [1.82, 2.24) is 5.32 Å². The third-order valence-electron chi connectivity index (χ3n) is 3.24. The van der Waals surface area contributed by atoms with Gasteiger partial charge in [-0.3, -0.25) is 0 Å². The Balaban J connectivity index is 2.61. The minimum atomic E-state index is 0.527. The average Bonchev–Trinajstić information content (AvgIpc) is 2.37. The van der Waals surface area contributed by atoms with Crippen molar-refractivity contribution in [1.29, 1.82) is 0 Å². The Morgan fingerprint density at radius 1 is 1.11 bits per heavy atom. The van der Waals surface area contributed by atoms with Gasteiger partial charge in [0.25, 0.3) is 0 Å². The lowest BCUT2D eigenvalue weighted by Crippen LogP contribution is -2.32. The molecule has 0 bridgehead atoms. The van der Waals surface area contributed by atoms with E-state index in [-0.39, 0.29) is 0 Å². The Kier molecular flexibility index (Phi) is 7.82. The van der Waals surface area contributed by atoms with E-state index < -0.39 is 0 Å². The molecule has 0 radical (unpaired) electrons. The quantitative estimate of drug-likeness (QED) is 0.683. The van der Waals surface area contributed by atoms with Crippen LogP contribution < -0.4 is 5.32 Å². The second kappa shape index (κ2) is 8.84. The van der Waals surface area contributed by atoms with Gasteiger partial charge in [0, 0.05) is 6.04 Å². The average molecular weight is 302 g/mol. The number of nitrogens with one attached hydrogen (secondary N) is 1. The summed E-state index contributed by atoms with van der Waals surface area (Å²) in [5, 5.41) is 4.91. The van der Waals surface area contributed by atoms with Crippen LogP contribution in [-0.4, -0.2) is 12.6 Å². The molecule has 108 valence electrons. The molecule has 0 spiro atoms. The van der Waals surface area contributed by atoms with Gasteiger partial charge in [-0.05, 0) is 55.8 Å². The molecule has 0 aliphatic heterocycles. The molecule has 1 nitrogen and oxygen atoms in total. The Morgan fingerprint density at radius 3 is 2.42 bits per heavy atom. The lowest BCUT2D eigenvalue weighted by molar-refractivity contribution is 0.427. The van der Waals surface area contributed by atoms with Crippen LogP contribution in [-0.2, 0) is 6.42 Å². The fraction of sp³-hybridized carbons (Fsp3) is 0.625. The first-order chi connectivity index (χ1) is 9.02. The van der Waals surface area contributed by atoms with Crippen LogP contribution in [0.2, 0.25) is 10.0 Å². The number of hydrogen-bond acceptors (Lipinski definition) is 1. The van der Waals surface area contributed by atoms with Gasteiger partial charge in [0.1, 0.15) is 0 Å². The Morgan fingerprint density at radius 2 is 1.84 bits per heavy atom. The monoisotopic (exact) mass is 301 g/mol. The molecular formula is C16H25Cl2N. The van der Waals surface area contributed by atoms with E-state index in [0.29, 0.717) is 16.1 Å². The highest BCUT2D eigenvalue weighted by molar-refractivity contribution is 6.42. The van der Waals surface area contributed by atoms with Gasteiger partial charge < -0.3 is 5.32 Å². The van der Waals surface area contributed by atoms with E-state index in [1.54, 1.807) is 0 Å². The number of halogens is 2. The van der Waals surface area contributed by atoms with Crippen LogP contribution in [0, 0.1) is 5.92 Å². The molecule has 0 saturated heterocycles. The lowest BCUT2D eigenvalue weighted by atomic mass is 9.97. The first-order valence-corrected chi connectivity index (χ1v) is 7.95. The summed E-state index contributed by atoms with van der Waals surface area (Å²) >= 11 is 12.0. The smallest absolute Gasteiger partial charge is 0.0595 e. The summed E-state index contributed by atoms with van der Waals surface area (Å²) in [4.78, 5) is 0. The van der Waals surface area contributed by atoms with Crippen LogP contribution >= 0.6 is 23.2 Å². The topological polar surface area (TPSA) is 12.0 Å². The molecule has 0 saturated carbocycles. The molecule has 1 rings (SSSR count). The summed E-state index contributed by atoms with van der Waals surface area (Å²) in [6.07, 6.45) is 4.64. The zero-order valence-electron chi connectivity index (χ0n) is 12.2. The van der Waals surface area contributed by atoms with Crippen LogP contribution in [0.4, 0.5) is 0 Å². The van der Waals surface area contributed by atoms with Crippen LogP contribution in [0.15, 0.2) is 18.2 Å². The molecule has 1 N–H and O–H groups in total. The molecule has 1 aromatic carbocycles. The largest absolute Gasteiger partial charge is 0.314 e. The summed E-state index contributed by atoms with van der Waals surface area (Å²) in [5.41, 5.74) is 1.26. The van der Waals surface area contributed by atoms with Gasteiger partial charge in [-0.15, -0.1) is 0 Å². The fourth-order valence-corrected chi connectivity index (χ4v) is 2.43. The molecule has 0 aliphatic rings. The maximum atomic E-state index is 6.08. The highest BCUT2D eigenvalue weighted by Gasteiger charge is 2.10. The second-order valence-corrected chi connectivity index (χ2v) is 6.39. The summed E-state index contributed by atoms with van der Waals surface area (Å²) in [6, 6.07) is 6.47. The molecule has 19 heavy (non-hydrogen) atoms. The number of hydrogen-bond donors (Lipinski definition) is 1. The molecule has 0 aromatic heterocycles. The van der Waals surface area contributed by atoms with E-state index in [1.165, 1.54) is 24.8 Å². The molecule has 1 aromatic rings. The first kappa shape index (κ1) is 16.8. The normalized spacial score (nSPS) is 12.9. The van der Waals surface area contributed by atoms with Crippen LogP contribution in [0.1, 0.15) is 45.6 Å². The van der Waals surface area contributed by atoms with Gasteiger partial charge in [-0.1, -0.05) is 50.0 Å². The number of rotatable bonds is 8. The number of benzene rings is 1. The third-order valence-corrected chi connectivity index (χ3v) is 3.98.